The molecular weight excluding hydrogens is 334 g/mol. The van der Waals surface area contributed by atoms with Crippen molar-refractivity contribution in [3.05, 3.63) is 0 Å². The zero-order valence-electron chi connectivity index (χ0n) is 13.6. The fraction of sp³-hybridized carbons (Fsp3) is 0.875. The SMILES string of the molecule is N#CC1CC(O)C([C@H](N)C2CCN(C(=O)[C@H](O)CO)CC2)CC1Cl. The van der Waals surface area contributed by atoms with Gasteiger partial charge in [-0.05, 0) is 31.6 Å². The maximum atomic E-state index is 11.9. The third kappa shape index (κ3) is 4.19. The molecule has 0 spiro atoms. The van der Waals surface area contributed by atoms with Gasteiger partial charge in [-0.25, -0.2) is 0 Å². The van der Waals surface area contributed by atoms with Crippen molar-refractivity contribution in [2.75, 3.05) is 19.7 Å². The molecule has 7 nitrogen and oxygen atoms in total. The smallest absolute Gasteiger partial charge is 0.253 e. The zero-order chi connectivity index (χ0) is 17.9. The van der Waals surface area contributed by atoms with Crippen LogP contribution in [0.2, 0.25) is 0 Å². The number of carbonyl (C=O) groups is 1. The van der Waals surface area contributed by atoms with Gasteiger partial charge in [-0.2, -0.15) is 5.26 Å². The quantitative estimate of drug-likeness (QED) is 0.497. The van der Waals surface area contributed by atoms with E-state index in [9.17, 15) is 15.0 Å². The first kappa shape index (κ1) is 19.4. The third-order valence-corrected chi connectivity index (χ3v) is 5.92. The number of nitrogens with two attached hydrogens (primary N) is 1. The molecule has 8 heteroatoms. The molecule has 24 heavy (non-hydrogen) atoms. The number of aliphatic hydroxyl groups is 3. The average Bonchev–Trinajstić information content (AvgIpc) is 2.61. The highest BCUT2D eigenvalue weighted by molar-refractivity contribution is 6.21. The highest BCUT2D eigenvalue weighted by Gasteiger charge is 2.41. The van der Waals surface area contributed by atoms with Crippen molar-refractivity contribution in [2.24, 2.45) is 23.5 Å². The Hall–Kier alpha value is -0.910. The van der Waals surface area contributed by atoms with E-state index in [1.807, 2.05) is 0 Å². The Morgan fingerprint density at radius 3 is 2.54 bits per heavy atom. The van der Waals surface area contributed by atoms with E-state index in [1.165, 1.54) is 4.90 Å². The van der Waals surface area contributed by atoms with E-state index >= 15 is 0 Å². The molecule has 1 heterocycles. The van der Waals surface area contributed by atoms with Crippen LogP contribution in [0.4, 0.5) is 0 Å². The maximum absolute atomic E-state index is 11.9. The largest absolute Gasteiger partial charge is 0.393 e. The summed E-state index contributed by atoms with van der Waals surface area (Å²) >= 11 is 6.25. The number of alkyl halides is 1. The van der Waals surface area contributed by atoms with E-state index < -0.39 is 24.7 Å². The van der Waals surface area contributed by atoms with Gasteiger partial charge in [-0.3, -0.25) is 4.79 Å². The summed E-state index contributed by atoms with van der Waals surface area (Å²) in [5.74, 6) is -0.792. The second kappa shape index (κ2) is 8.45. The van der Waals surface area contributed by atoms with Crippen LogP contribution in [0.5, 0.6) is 0 Å². The summed E-state index contributed by atoms with van der Waals surface area (Å²) in [6.07, 6.45) is 0.241. The second-order valence-electron chi connectivity index (χ2n) is 6.89. The van der Waals surface area contributed by atoms with Crippen LogP contribution in [-0.4, -0.2) is 69.4 Å². The number of nitrogens with zero attached hydrogens (tertiary/aromatic N) is 2. The van der Waals surface area contributed by atoms with Gasteiger partial charge in [0.15, 0.2) is 6.10 Å². The van der Waals surface area contributed by atoms with Crippen LogP contribution in [-0.2, 0) is 4.79 Å². The Balaban J connectivity index is 1.90. The lowest BCUT2D eigenvalue weighted by Gasteiger charge is -2.42. The fourth-order valence-electron chi connectivity index (χ4n) is 3.85. The molecule has 2 aliphatic rings. The molecule has 1 amide bonds. The molecule has 0 aromatic heterocycles. The first-order valence-corrected chi connectivity index (χ1v) is 8.87. The van der Waals surface area contributed by atoms with E-state index in [4.69, 9.17) is 27.7 Å². The van der Waals surface area contributed by atoms with Crippen LogP contribution in [0.3, 0.4) is 0 Å². The molecular formula is C16H26ClN3O4. The van der Waals surface area contributed by atoms with Gasteiger partial charge >= 0.3 is 0 Å². The van der Waals surface area contributed by atoms with E-state index in [1.54, 1.807) is 0 Å². The Morgan fingerprint density at radius 2 is 2.00 bits per heavy atom. The number of halogens is 1. The molecule has 0 aromatic rings. The number of aliphatic hydroxyl groups excluding tert-OH is 3. The van der Waals surface area contributed by atoms with Gasteiger partial charge in [0, 0.05) is 30.4 Å². The summed E-state index contributed by atoms with van der Waals surface area (Å²) in [7, 11) is 0. The summed E-state index contributed by atoms with van der Waals surface area (Å²) in [6, 6.07) is 1.90. The van der Waals surface area contributed by atoms with E-state index in [-0.39, 0.29) is 29.2 Å². The van der Waals surface area contributed by atoms with Crippen molar-refractivity contribution >= 4 is 17.5 Å². The molecule has 1 aliphatic heterocycles. The molecule has 1 saturated carbocycles. The predicted molar refractivity (Wildman–Crippen MR) is 87.8 cm³/mol. The topological polar surface area (TPSA) is 131 Å². The summed E-state index contributed by atoms with van der Waals surface area (Å²) in [6.45, 7) is 0.369. The highest BCUT2D eigenvalue weighted by atomic mass is 35.5. The van der Waals surface area contributed by atoms with Gasteiger partial charge in [0.25, 0.3) is 5.91 Å². The van der Waals surface area contributed by atoms with Gasteiger partial charge in [0.2, 0.25) is 0 Å². The Kier molecular flexibility index (Phi) is 6.84. The summed E-state index contributed by atoms with van der Waals surface area (Å²) in [5.41, 5.74) is 6.38. The molecule has 4 unspecified atom stereocenters. The number of nitriles is 1. The molecule has 2 fully saturated rings. The van der Waals surface area contributed by atoms with Crippen molar-refractivity contribution in [1.82, 2.24) is 4.90 Å². The molecule has 1 saturated heterocycles. The normalized spacial score (nSPS) is 34.4. The number of hydrogen-bond acceptors (Lipinski definition) is 6. The van der Waals surface area contributed by atoms with Crippen LogP contribution in [0.1, 0.15) is 25.7 Å². The first-order chi connectivity index (χ1) is 11.4. The summed E-state index contributed by atoms with van der Waals surface area (Å²) < 4.78 is 0. The van der Waals surface area contributed by atoms with Crippen LogP contribution < -0.4 is 5.73 Å². The van der Waals surface area contributed by atoms with Crippen LogP contribution >= 0.6 is 11.6 Å². The number of carbonyl (C=O) groups excluding carboxylic acids is 1. The number of likely N-dealkylation sites (tertiary alicyclic amines) is 1. The number of piperidine rings is 1. The molecule has 5 N–H and O–H groups in total. The number of rotatable bonds is 4. The van der Waals surface area contributed by atoms with Gasteiger partial charge in [-0.1, -0.05) is 0 Å². The molecule has 0 aromatic carbocycles. The molecule has 2 rings (SSSR count). The molecule has 136 valence electrons. The summed E-state index contributed by atoms with van der Waals surface area (Å²) in [5, 5.41) is 37.4. The van der Waals surface area contributed by atoms with Gasteiger partial charge in [0.05, 0.1) is 24.7 Å². The molecule has 0 bridgehead atoms. The number of hydrogen-bond donors (Lipinski definition) is 4. The maximum Gasteiger partial charge on any atom is 0.253 e. The minimum absolute atomic E-state index is 0.146. The van der Waals surface area contributed by atoms with Crippen molar-refractivity contribution in [1.29, 1.82) is 5.26 Å². The van der Waals surface area contributed by atoms with Crippen molar-refractivity contribution < 1.29 is 20.1 Å². The Morgan fingerprint density at radius 1 is 1.38 bits per heavy atom. The third-order valence-electron chi connectivity index (χ3n) is 5.44. The zero-order valence-corrected chi connectivity index (χ0v) is 14.3. The minimum Gasteiger partial charge on any atom is -0.393 e. The number of amides is 1. The molecule has 0 radical (unpaired) electrons. The van der Waals surface area contributed by atoms with Crippen molar-refractivity contribution in [3.63, 3.8) is 0 Å². The Labute approximate surface area is 147 Å². The Bertz CT molecular complexity index is 478. The van der Waals surface area contributed by atoms with Crippen LogP contribution in [0.25, 0.3) is 0 Å². The summed E-state index contributed by atoms with van der Waals surface area (Å²) in [4.78, 5) is 13.4. The van der Waals surface area contributed by atoms with E-state index in [0.717, 1.165) is 0 Å². The first-order valence-electron chi connectivity index (χ1n) is 8.44. The van der Waals surface area contributed by atoms with Crippen LogP contribution in [0.15, 0.2) is 0 Å². The lowest BCUT2D eigenvalue weighted by atomic mass is 9.72. The molecule has 1 aliphatic carbocycles. The van der Waals surface area contributed by atoms with E-state index in [2.05, 4.69) is 6.07 Å². The second-order valence-corrected chi connectivity index (χ2v) is 7.45. The van der Waals surface area contributed by atoms with Gasteiger partial charge < -0.3 is 26.0 Å². The molecule has 6 atom stereocenters. The predicted octanol–water partition coefficient (Wildman–Crippen LogP) is -0.576. The van der Waals surface area contributed by atoms with Gasteiger partial charge in [-0.15, -0.1) is 11.6 Å². The lowest BCUT2D eigenvalue weighted by molar-refractivity contribution is -0.143. The highest BCUT2D eigenvalue weighted by Crippen LogP contribution is 2.37. The minimum atomic E-state index is -1.37. The fourth-order valence-corrected chi connectivity index (χ4v) is 4.22. The van der Waals surface area contributed by atoms with Crippen molar-refractivity contribution in [2.45, 2.75) is 49.3 Å². The standard InChI is InChI=1S/C16H26ClN3O4/c17-12-6-11(13(22)5-10(12)7-18)15(19)9-1-3-20(4-2-9)16(24)14(23)8-21/h9-15,21-23H,1-6,8,19H2/t10?,11?,12?,13?,14-,15-/m1/s1. The van der Waals surface area contributed by atoms with Crippen LogP contribution in [0, 0.1) is 29.1 Å². The van der Waals surface area contributed by atoms with Gasteiger partial charge in [0.1, 0.15) is 0 Å². The van der Waals surface area contributed by atoms with E-state index in [0.29, 0.717) is 38.8 Å². The average molecular weight is 360 g/mol. The van der Waals surface area contributed by atoms with Crippen molar-refractivity contribution in [3.8, 4) is 6.07 Å². The monoisotopic (exact) mass is 359 g/mol. The lowest BCUT2D eigenvalue weighted by Crippen LogP contribution is -2.52.